The molecule has 0 radical (unpaired) electrons. The van der Waals surface area contributed by atoms with E-state index in [4.69, 9.17) is 11.6 Å². The molecule has 70 valence electrons. The van der Waals surface area contributed by atoms with Crippen LogP contribution in [-0.2, 0) is 11.0 Å². The average molecular weight is 314 g/mol. The zero-order chi connectivity index (χ0) is 9.68. The normalized spacial score (nSPS) is 10.0. The molecule has 0 amide bonds. The van der Waals surface area contributed by atoms with E-state index in [9.17, 15) is 7.90 Å². The van der Waals surface area contributed by atoms with Crippen LogP contribution in [0.1, 0.15) is 0 Å². The van der Waals surface area contributed by atoms with Crippen LogP contribution in [0.2, 0.25) is 0 Å². The summed E-state index contributed by atoms with van der Waals surface area (Å²) in [5.41, 5.74) is 0. The summed E-state index contributed by atoms with van der Waals surface area (Å²) in [6.45, 7) is 0. The molecule has 0 aromatic heterocycles. The summed E-state index contributed by atoms with van der Waals surface area (Å²) in [6.07, 6.45) is 0. The number of carbonyl (C=O) groups excluding carboxylic acids is 1. The monoisotopic (exact) mass is 316 g/mol. The van der Waals surface area contributed by atoms with Crippen molar-refractivity contribution in [3.8, 4) is 0 Å². The van der Waals surface area contributed by atoms with Crippen molar-refractivity contribution in [2.75, 3.05) is 5.88 Å². The third kappa shape index (κ3) is 3.43. The van der Waals surface area contributed by atoms with Gasteiger partial charge in [0.15, 0.2) is 0 Å². The van der Waals surface area contributed by atoms with Crippen molar-refractivity contribution in [3.05, 3.63) is 30.3 Å². The van der Waals surface area contributed by atoms with Crippen molar-refractivity contribution >= 4 is 41.1 Å². The van der Waals surface area contributed by atoms with Gasteiger partial charge in [0.1, 0.15) is 0 Å². The average Bonchev–Trinajstić information content (AvgIpc) is 2.19. The van der Waals surface area contributed by atoms with E-state index >= 15 is 0 Å². The van der Waals surface area contributed by atoms with Gasteiger partial charge in [-0.3, -0.25) is 0 Å². The molecular weight excluding hydrogens is 307 g/mol. The Morgan fingerprint density at radius 3 is 2.54 bits per heavy atom. The van der Waals surface area contributed by atoms with Gasteiger partial charge < -0.3 is 0 Å². The topological polar surface area (TPSA) is 43.4 Å². The molecule has 0 unspecified atom stereocenters. The number of halogens is 1. The predicted molar refractivity (Wildman–Crippen MR) is 49.3 cm³/mol. The maximum absolute atomic E-state index is 11.4. The number of rotatable bonds is 3. The minimum absolute atomic E-state index is 0.258. The molecule has 0 atom stereocenters. The van der Waals surface area contributed by atoms with E-state index in [-0.39, 0.29) is 5.88 Å². The molecule has 5 heteroatoms. The summed E-state index contributed by atoms with van der Waals surface area (Å²) in [7, 11) is 0. The Labute approximate surface area is 88.2 Å². The standard InChI is InChI=1S/C8H7ClO3Te/c9-6-8(10)12-13(11)7-4-2-1-3-5-7/h1-5H,6H2. The Bertz CT molecular complexity index is 312. The Kier molecular flexibility index (Phi) is 4.37. The van der Waals surface area contributed by atoms with Crippen LogP contribution in [0.25, 0.3) is 0 Å². The summed E-state index contributed by atoms with van der Waals surface area (Å²) in [5, 5.41) is 0. The van der Waals surface area contributed by atoms with Gasteiger partial charge in [-0.15, -0.1) is 0 Å². The van der Waals surface area contributed by atoms with E-state index in [0.29, 0.717) is 3.61 Å². The molecule has 13 heavy (non-hydrogen) atoms. The molecule has 3 nitrogen and oxygen atoms in total. The van der Waals surface area contributed by atoms with Crippen molar-refractivity contribution in [3.63, 3.8) is 0 Å². The third-order valence-electron chi connectivity index (χ3n) is 1.21. The van der Waals surface area contributed by atoms with E-state index in [0.717, 1.165) is 0 Å². The number of alkyl halides is 1. The summed E-state index contributed by atoms with van der Waals surface area (Å²) in [6, 6.07) is 8.64. The van der Waals surface area contributed by atoms with Crippen LogP contribution < -0.4 is 3.61 Å². The van der Waals surface area contributed by atoms with Crippen LogP contribution >= 0.6 is 11.6 Å². The quantitative estimate of drug-likeness (QED) is 0.606. The fourth-order valence-corrected chi connectivity index (χ4v) is 2.95. The van der Waals surface area contributed by atoms with Crippen molar-refractivity contribution in [2.24, 2.45) is 0 Å². The van der Waals surface area contributed by atoms with E-state index in [1.807, 2.05) is 0 Å². The summed E-state index contributed by atoms with van der Waals surface area (Å²) in [5.74, 6) is -0.885. The molecule has 1 rings (SSSR count). The SMILES string of the molecule is O=C(CCl)O[Te](=O)c1ccccc1. The van der Waals surface area contributed by atoms with Crippen molar-refractivity contribution < 1.29 is 11.0 Å². The maximum atomic E-state index is 11.4. The van der Waals surface area contributed by atoms with Gasteiger partial charge in [-0.2, -0.15) is 0 Å². The van der Waals surface area contributed by atoms with Gasteiger partial charge in [0.05, 0.1) is 0 Å². The summed E-state index contributed by atoms with van der Waals surface area (Å²) < 4.78 is 16.6. The zero-order valence-electron chi connectivity index (χ0n) is 6.60. The van der Waals surface area contributed by atoms with Crippen LogP contribution in [0.4, 0.5) is 0 Å². The van der Waals surface area contributed by atoms with Crippen molar-refractivity contribution in [1.29, 1.82) is 0 Å². The second kappa shape index (κ2) is 5.33. The van der Waals surface area contributed by atoms with Gasteiger partial charge in [0.2, 0.25) is 0 Å². The third-order valence-corrected chi connectivity index (χ3v) is 4.27. The number of hydrogen-bond acceptors (Lipinski definition) is 3. The second-order valence-corrected chi connectivity index (χ2v) is 5.56. The Morgan fingerprint density at radius 2 is 2.00 bits per heavy atom. The molecule has 0 N–H and O–H groups in total. The Balaban J connectivity index is 2.65. The second-order valence-electron chi connectivity index (χ2n) is 2.14. The molecule has 0 bridgehead atoms. The van der Waals surface area contributed by atoms with E-state index in [2.05, 4.69) is 3.10 Å². The molecule has 1 aromatic carbocycles. The van der Waals surface area contributed by atoms with Gasteiger partial charge in [-0.05, 0) is 0 Å². The molecule has 0 aliphatic rings. The summed E-state index contributed by atoms with van der Waals surface area (Å²) >= 11 is 2.08. The molecule has 0 aliphatic carbocycles. The molecular formula is C8H7ClO3Te. The molecule has 0 saturated heterocycles. The Hall–Kier alpha value is -0.430. The molecule has 0 fully saturated rings. The Morgan fingerprint density at radius 1 is 1.38 bits per heavy atom. The zero-order valence-corrected chi connectivity index (χ0v) is 9.69. The first-order valence-corrected chi connectivity index (χ1v) is 7.08. The summed E-state index contributed by atoms with van der Waals surface area (Å²) in [4.78, 5) is 10.7. The van der Waals surface area contributed by atoms with Gasteiger partial charge in [0.25, 0.3) is 0 Å². The molecule has 0 spiro atoms. The number of hydrogen-bond donors (Lipinski definition) is 0. The van der Waals surface area contributed by atoms with Crippen molar-refractivity contribution in [1.82, 2.24) is 0 Å². The van der Waals surface area contributed by atoms with Crippen LogP contribution in [0, 0.1) is 0 Å². The van der Waals surface area contributed by atoms with Crippen LogP contribution in [0.3, 0.4) is 0 Å². The molecule has 0 saturated carbocycles. The van der Waals surface area contributed by atoms with Crippen LogP contribution in [-0.4, -0.2) is 31.8 Å². The van der Waals surface area contributed by atoms with Crippen LogP contribution in [0.15, 0.2) is 30.3 Å². The van der Waals surface area contributed by atoms with Gasteiger partial charge >= 0.3 is 88.3 Å². The molecule has 0 aliphatic heterocycles. The van der Waals surface area contributed by atoms with Gasteiger partial charge in [-0.1, -0.05) is 0 Å². The fraction of sp³-hybridized carbons (Fsp3) is 0.125. The van der Waals surface area contributed by atoms with E-state index < -0.39 is 25.9 Å². The van der Waals surface area contributed by atoms with E-state index in [1.165, 1.54) is 0 Å². The van der Waals surface area contributed by atoms with Gasteiger partial charge in [0, 0.05) is 0 Å². The number of benzene rings is 1. The first-order chi connectivity index (χ1) is 6.24. The fourth-order valence-electron chi connectivity index (χ4n) is 0.686. The van der Waals surface area contributed by atoms with Crippen molar-refractivity contribution in [2.45, 2.75) is 0 Å². The van der Waals surface area contributed by atoms with E-state index in [1.54, 1.807) is 30.3 Å². The first-order valence-electron chi connectivity index (χ1n) is 3.48. The molecule has 0 heterocycles. The number of carbonyl (C=O) groups is 1. The first kappa shape index (κ1) is 10.6. The van der Waals surface area contributed by atoms with Crippen LogP contribution in [0.5, 0.6) is 0 Å². The molecule has 1 aromatic rings. The minimum atomic E-state index is -3.12. The van der Waals surface area contributed by atoms with Gasteiger partial charge in [-0.25, -0.2) is 0 Å². The predicted octanol–water partition coefficient (Wildman–Crippen LogP) is 0.594.